The first kappa shape index (κ1) is 17.2. The lowest BCUT2D eigenvalue weighted by molar-refractivity contribution is 0.238. The molecule has 25 heavy (non-hydrogen) atoms. The van der Waals surface area contributed by atoms with Gasteiger partial charge in [0.2, 0.25) is 0 Å². The lowest BCUT2D eigenvalue weighted by atomic mass is 10.2. The number of benzene rings is 2. The Kier molecular flexibility index (Phi) is 5.47. The highest BCUT2D eigenvalue weighted by Crippen LogP contribution is 2.27. The lowest BCUT2D eigenvalue weighted by Gasteiger charge is -2.18. The molecular weight excluding hydrogens is 338 g/mol. The fourth-order valence-corrected chi connectivity index (χ4v) is 2.87. The summed E-state index contributed by atoms with van der Waals surface area (Å²) >= 11 is 4.93. The van der Waals surface area contributed by atoms with Crippen LogP contribution in [0.4, 0.5) is 10.5 Å². The van der Waals surface area contributed by atoms with E-state index < -0.39 is 0 Å². The van der Waals surface area contributed by atoms with E-state index in [9.17, 15) is 4.79 Å². The number of amides is 2. The number of urea groups is 1. The van der Waals surface area contributed by atoms with E-state index in [2.05, 4.69) is 5.32 Å². The van der Waals surface area contributed by atoms with Gasteiger partial charge in [-0.2, -0.15) is 0 Å². The smallest absolute Gasteiger partial charge is 0.322 e. The summed E-state index contributed by atoms with van der Waals surface area (Å²) in [6.45, 7) is 1.48. The third kappa shape index (κ3) is 4.07. The van der Waals surface area contributed by atoms with E-state index in [0.717, 1.165) is 12.1 Å². The van der Waals surface area contributed by atoms with Gasteiger partial charge in [0, 0.05) is 17.8 Å². The number of hydrogen-bond donors (Lipinski definition) is 3. The van der Waals surface area contributed by atoms with Gasteiger partial charge in [-0.15, -0.1) is 0 Å². The van der Waals surface area contributed by atoms with Crippen LogP contribution in [0.1, 0.15) is 11.1 Å². The fourth-order valence-electron chi connectivity index (χ4n) is 2.74. The standard InChI is InChI=1S/C18H19N3O3S/c22-18(21-11-9-13-3-1-2-4-16(13)21)19-10-12-24-15-7-5-14(6-8-15)17(25)20-23/h1-8,23H,9-12H2,(H,19,22)(H,20,25). The van der Waals surface area contributed by atoms with E-state index >= 15 is 0 Å². The molecule has 2 amide bonds. The first-order valence-corrected chi connectivity index (χ1v) is 8.40. The number of hydroxylamine groups is 1. The Labute approximate surface area is 151 Å². The maximum absolute atomic E-state index is 12.3. The highest BCUT2D eigenvalue weighted by atomic mass is 32.1. The molecule has 3 N–H and O–H groups in total. The molecule has 6 nitrogen and oxygen atoms in total. The number of anilines is 1. The highest BCUT2D eigenvalue weighted by Gasteiger charge is 2.23. The van der Waals surface area contributed by atoms with Crippen LogP contribution >= 0.6 is 12.2 Å². The van der Waals surface area contributed by atoms with Crippen molar-refractivity contribution < 1.29 is 14.7 Å². The third-order valence-corrected chi connectivity index (χ3v) is 4.32. The van der Waals surface area contributed by atoms with Gasteiger partial charge in [-0.05, 0) is 42.3 Å². The van der Waals surface area contributed by atoms with Gasteiger partial charge in [0.15, 0.2) is 0 Å². The maximum Gasteiger partial charge on any atom is 0.322 e. The van der Waals surface area contributed by atoms with Crippen LogP contribution in [-0.4, -0.2) is 35.9 Å². The van der Waals surface area contributed by atoms with Crippen LogP contribution in [0, 0.1) is 0 Å². The Morgan fingerprint density at radius 3 is 2.72 bits per heavy atom. The van der Waals surface area contributed by atoms with Crippen molar-refractivity contribution in [1.82, 2.24) is 10.8 Å². The number of fused-ring (bicyclic) bond motifs is 1. The summed E-state index contributed by atoms with van der Waals surface area (Å²) in [5, 5.41) is 11.6. The zero-order chi connectivity index (χ0) is 17.6. The zero-order valence-electron chi connectivity index (χ0n) is 13.6. The second-order valence-corrected chi connectivity index (χ2v) is 5.98. The van der Waals surface area contributed by atoms with E-state index in [4.69, 9.17) is 22.2 Å². The van der Waals surface area contributed by atoms with E-state index in [1.807, 2.05) is 29.7 Å². The SMILES string of the molecule is O=C(NCCOc1ccc(C(=S)NO)cc1)N1CCc2ccccc21. The van der Waals surface area contributed by atoms with Crippen LogP contribution in [0.5, 0.6) is 5.75 Å². The Bertz CT molecular complexity index is 764. The molecule has 7 heteroatoms. The van der Waals surface area contributed by atoms with Crippen molar-refractivity contribution in [2.75, 3.05) is 24.6 Å². The van der Waals surface area contributed by atoms with Crippen molar-refractivity contribution in [3.8, 4) is 5.75 Å². The average molecular weight is 357 g/mol. The quantitative estimate of drug-likeness (QED) is 0.436. The van der Waals surface area contributed by atoms with Gasteiger partial charge in [-0.1, -0.05) is 30.4 Å². The lowest BCUT2D eigenvalue weighted by Crippen LogP contribution is -2.40. The minimum absolute atomic E-state index is 0.108. The molecule has 0 fully saturated rings. The average Bonchev–Trinajstić information content (AvgIpc) is 3.09. The van der Waals surface area contributed by atoms with Gasteiger partial charge < -0.3 is 10.1 Å². The summed E-state index contributed by atoms with van der Waals surface area (Å²) in [5.74, 6) is 0.672. The van der Waals surface area contributed by atoms with Gasteiger partial charge in [0.05, 0.1) is 6.54 Å². The molecule has 0 bridgehead atoms. The summed E-state index contributed by atoms with van der Waals surface area (Å²) in [4.78, 5) is 14.3. The molecule has 0 saturated heterocycles. The van der Waals surface area contributed by atoms with Crippen LogP contribution in [0.2, 0.25) is 0 Å². The molecule has 2 aromatic rings. The summed E-state index contributed by atoms with van der Waals surface area (Å²) in [5.41, 5.74) is 4.81. The number of hydrogen-bond acceptors (Lipinski definition) is 4. The number of carbonyl (C=O) groups is 1. The van der Waals surface area contributed by atoms with Gasteiger partial charge in [0.25, 0.3) is 0 Å². The molecule has 1 aliphatic heterocycles. The van der Waals surface area contributed by atoms with Gasteiger partial charge in [-0.3, -0.25) is 15.6 Å². The monoisotopic (exact) mass is 357 g/mol. The largest absolute Gasteiger partial charge is 0.492 e. The molecule has 1 aliphatic rings. The molecule has 0 unspecified atom stereocenters. The molecule has 0 radical (unpaired) electrons. The Hall–Kier alpha value is -2.64. The number of carbonyl (C=O) groups excluding carboxylic acids is 1. The number of para-hydroxylation sites is 1. The maximum atomic E-state index is 12.3. The normalized spacial score (nSPS) is 12.4. The van der Waals surface area contributed by atoms with Gasteiger partial charge in [0.1, 0.15) is 17.3 Å². The minimum atomic E-state index is -0.108. The topological polar surface area (TPSA) is 73.8 Å². The van der Waals surface area contributed by atoms with Gasteiger partial charge in [-0.25, -0.2) is 4.79 Å². The molecule has 2 aromatic carbocycles. The van der Waals surface area contributed by atoms with Crippen molar-refractivity contribution in [1.29, 1.82) is 0 Å². The van der Waals surface area contributed by atoms with E-state index in [1.54, 1.807) is 29.2 Å². The number of nitrogens with zero attached hydrogens (tertiary/aromatic N) is 1. The third-order valence-electron chi connectivity index (χ3n) is 4.00. The molecule has 0 aliphatic carbocycles. The second-order valence-electron chi connectivity index (χ2n) is 5.58. The second kappa shape index (κ2) is 7.96. The van der Waals surface area contributed by atoms with E-state index in [0.29, 0.717) is 31.0 Å². The number of nitrogens with one attached hydrogen (secondary N) is 2. The predicted molar refractivity (Wildman–Crippen MR) is 99.4 cm³/mol. The van der Waals surface area contributed by atoms with Crippen LogP contribution in [-0.2, 0) is 6.42 Å². The van der Waals surface area contributed by atoms with Crippen molar-refractivity contribution in [2.24, 2.45) is 0 Å². The van der Waals surface area contributed by atoms with Crippen molar-refractivity contribution in [2.45, 2.75) is 6.42 Å². The van der Waals surface area contributed by atoms with Crippen molar-refractivity contribution in [3.05, 3.63) is 59.7 Å². The fraction of sp³-hybridized carbons (Fsp3) is 0.222. The van der Waals surface area contributed by atoms with Crippen LogP contribution < -0.4 is 20.4 Å². The summed E-state index contributed by atoms with van der Waals surface area (Å²) in [7, 11) is 0. The Morgan fingerprint density at radius 1 is 1.20 bits per heavy atom. The molecule has 0 spiro atoms. The number of ether oxygens (including phenoxy) is 1. The molecule has 130 valence electrons. The molecule has 1 heterocycles. The summed E-state index contributed by atoms with van der Waals surface area (Å²) < 4.78 is 5.60. The molecule has 0 atom stereocenters. The first-order chi connectivity index (χ1) is 12.2. The van der Waals surface area contributed by atoms with E-state index in [1.165, 1.54) is 5.56 Å². The molecule has 3 rings (SSSR count). The molecule has 0 saturated carbocycles. The molecular formula is C18H19N3O3S. The van der Waals surface area contributed by atoms with Crippen molar-refractivity contribution >= 4 is 28.9 Å². The van der Waals surface area contributed by atoms with Crippen LogP contribution in [0.25, 0.3) is 0 Å². The van der Waals surface area contributed by atoms with Crippen LogP contribution in [0.3, 0.4) is 0 Å². The number of thiocarbonyl (C=S) groups is 1. The van der Waals surface area contributed by atoms with E-state index in [-0.39, 0.29) is 11.0 Å². The highest BCUT2D eigenvalue weighted by molar-refractivity contribution is 7.80. The minimum Gasteiger partial charge on any atom is -0.492 e. The van der Waals surface area contributed by atoms with Crippen molar-refractivity contribution in [3.63, 3.8) is 0 Å². The number of rotatable bonds is 5. The van der Waals surface area contributed by atoms with Gasteiger partial charge >= 0.3 is 6.03 Å². The first-order valence-electron chi connectivity index (χ1n) is 7.99. The van der Waals surface area contributed by atoms with Crippen LogP contribution in [0.15, 0.2) is 48.5 Å². The summed E-state index contributed by atoms with van der Waals surface area (Å²) in [6.07, 6.45) is 0.886. The summed E-state index contributed by atoms with van der Waals surface area (Å²) in [6, 6.07) is 14.9. The molecule has 0 aromatic heterocycles. The Balaban J connectivity index is 1.44. The zero-order valence-corrected chi connectivity index (χ0v) is 14.4. The Morgan fingerprint density at radius 2 is 1.96 bits per heavy atom. The predicted octanol–water partition coefficient (Wildman–Crippen LogP) is 2.49.